The van der Waals surface area contributed by atoms with Crippen LogP contribution in [0, 0.1) is 0 Å². The van der Waals surface area contributed by atoms with Gasteiger partial charge in [-0.2, -0.15) is 0 Å². The third-order valence-corrected chi connectivity index (χ3v) is 3.99. The number of fused-ring (bicyclic) bond motifs is 1. The third-order valence-electron chi connectivity index (χ3n) is 3.99. The molecule has 0 aliphatic rings. The van der Waals surface area contributed by atoms with Gasteiger partial charge in [0.1, 0.15) is 5.75 Å². The lowest BCUT2D eigenvalue weighted by Gasteiger charge is -2.15. The van der Waals surface area contributed by atoms with Crippen LogP contribution in [0.4, 0.5) is 5.69 Å². The molecule has 0 aliphatic carbocycles. The zero-order valence-corrected chi connectivity index (χ0v) is 14.8. The molecule has 1 atom stereocenters. The van der Waals surface area contributed by atoms with Crippen LogP contribution in [-0.4, -0.2) is 30.1 Å². The molecule has 3 rings (SSSR count). The molecular weight excluding hydrogens is 348 g/mol. The normalized spacial score (nSPS) is 11.6. The predicted molar refractivity (Wildman–Crippen MR) is 101 cm³/mol. The van der Waals surface area contributed by atoms with Crippen molar-refractivity contribution in [1.29, 1.82) is 0 Å². The van der Waals surface area contributed by atoms with Crippen molar-refractivity contribution in [3.8, 4) is 5.75 Å². The zero-order chi connectivity index (χ0) is 19.4. The van der Waals surface area contributed by atoms with E-state index in [0.29, 0.717) is 22.3 Å². The number of benzene rings is 2. The molecule has 2 aromatic carbocycles. The highest BCUT2D eigenvalue weighted by atomic mass is 16.5. The summed E-state index contributed by atoms with van der Waals surface area (Å²) in [5.74, 6) is -0.771. The fourth-order valence-corrected chi connectivity index (χ4v) is 2.63. The monoisotopic (exact) mass is 366 g/mol. The minimum Gasteiger partial charge on any atom is -0.495 e. The highest BCUT2D eigenvalue weighted by Crippen LogP contribution is 2.23. The molecule has 1 amide bonds. The van der Waals surface area contributed by atoms with E-state index in [1.165, 1.54) is 14.0 Å². The van der Waals surface area contributed by atoms with E-state index in [2.05, 4.69) is 10.3 Å². The fraction of sp³-hybridized carbons (Fsp3) is 0.150. The number of aromatic nitrogens is 1. The van der Waals surface area contributed by atoms with Crippen LogP contribution in [0.25, 0.3) is 10.9 Å². The average Bonchev–Trinajstić information content (AvgIpc) is 2.67. The van der Waals surface area contributed by atoms with Crippen LogP contribution in [0.3, 0.4) is 0 Å². The Bertz CT molecular complexity index is 1060. The Kier molecular flexibility index (Phi) is 5.21. The van der Waals surface area contributed by atoms with E-state index >= 15 is 0 Å². The molecule has 0 radical (unpaired) electrons. The quantitative estimate of drug-likeness (QED) is 0.677. The molecule has 0 saturated carbocycles. The lowest BCUT2D eigenvalue weighted by atomic mass is 10.1. The minimum absolute atomic E-state index is 0.103. The summed E-state index contributed by atoms with van der Waals surface area (Å²) in [5, 5.41) is 3.20. The number of aromatic amines is 1. The van der Waals surface area contributed by atoms with Crippen molar-refractivity contribution >= 4 is 28.5 Å². The molecule has 1 aromatic heterocycles. The number of pyridine rings is 1. The van der Waals surface area contributed by atoms with E-state index in [4.69, 9.17) is 9.47 Å². The van der Waals surface area contributed by atoms with Crippen LogP contribution in [0.1, 0.15) is 17.3 Å². The molecule has 1 heterocycles. The molecule has 0 bridgehead atoms. The molecule has 7 heteroatoms. The maximum atomic E-state index is 12.5. The number of ether oxygens (including phenoxy) is 2. The molecule has 7 nitrogen and oxygen atoms in total. The zero-order valence-electron chi connectivity index (χ0n) is 14.8. The van der Waals surface area contributed by atoms with Gasteiger partial charge in [0.2, 0.25) is 5.56 Å². The number of anilines is 1. The van der Waals surface area contributed by atoms with Crippen LogP contribution in [0.2, 0.25) is 0 Å². The lowest BCUT2D eigenvalue weighted by molar-refractivity contribution is -0.123. The summed E-state index contributed by atoms with van der Waals surface area (Å²) in [7, 11) is 1.49. The number of hydrogen-bond donors (Lipinski definition) is 2. The number of carbonyl (C=O) groups excluding carboxylic acids is 2. The SMILES string of the molecule is COc1ccccc1NC(=O)[C@H](C)OC(=O)c1cc(=O)[nH]c2ccccc12. The Morgan fingerprint density at radius 3 is 2.56 bits per heavy atom. The highest BCUT2D eigenvalue weighted by molar-refractivity contribution is 6.04. The van der Waals surface area contributed by atoms with Gasteiger partial charge in [0.05, 0.1) is 18.4 Å². The second-order valence-electron chi connectivity index (χ2n) is 5.83. The number of carbonyl (C=O) groups is 2. The van der Waals surface area contributed by atoms with Gasteiger partial charge in [-0.05, 0) is 25.1 Å². The van der Waals surface area contributed by atoms with Crippen molar-refractivity contribution in [3.63, 3.8) is 0 Å². The number of hydrogen-bond acceptors (Lipinski definition) is 5. The van der Waals surface area contributed by atoms with Gasteiger partial charge in [0.25, 0.3) is 5.91 Å². The topological polar surface area (TPSA) is 97.5 Å². The van der Waals surface area contributed by atoms with E-state index in [9.17, 15) is 14.4 Å². The highest BCUT2D eigenvalue weighted by Gasteiger charge is 2.21. The second-order valence-corrected chi connectivity index (χ2v) is 5.83. The van der Waals surface area contributed by atoms with E-state index in [1.807, 2.05) is 0 Å². The Balaban J connectivity index is 1.78. The second kappa shape index (κ2) is 7.74. The first kappa shape index (κ1) is 18.2. The molecule has 0 aliphatic heterocycles. The summed E-state index contributed by atoms with van der Waals surface area (Å²) in [6.07, 6.45) is -1.07. The number of esters is 1. The smallest absolute Gasteiger partial charge is 0.339 e. The molecule has 138 valence electrons. The van der Waals surface area contributed by atoms with Crippen LogP contribution in [0.15, 0.2) is 59.4 Å². The van der Waals surface area contributed by atoms with Gasteiger partial charge in [-0.3, -0.25) is 9.59 Å². The molecule has 0 fully saturated rings. The lowest BCUT2D eigenvalue weighted by Crippen LogP contribution is -2.30. The van der Waals surface area contributed by atoms with Gasteiger partial charge < -0.3 is 19.8 Å². The summed E-state index contributed by atoms with van der Waals surface area (Å²) >= 11 is 0. The predicted octanol–water partition coefficient (Wildman–Crippen LogP) is 2.72. The number of H-pyrrole nitrogens is 1. The van der Waals surface area contributed by atoms with E-state index in [1.54, 1.807) is 48.5 Å². The standard InChI is InChI=1S/C20H18N2O5/c1-12(19(24)22-16-9-5-6-10-17(16)26-2)27-20(25)14-11-18(23)21-15-8-4-3-7-13(14)15/h3-12H,1-2H3,(H,21,23)(H,22,24)/t12-/m0/s1. The first-order chi connectivity index (χ1) is 13.0. The maximum absolute atomic E-state index is 12.5. The van der Waals surface area contributed by atoms with Crippen molar-refractivity contribution in [3.05, 3.63) is 70.5 Å². The van der Waals surface area contributed by atoms with Crippen molar-refractivity contribution in [2.24, 2.45) is 0 Å². The Morgan fingerprint density at radius 2 is 1.78 bits per heavy atom. The summed E-state index contributed by atoms with van der Waals surface area (Å²) in [6.45, 7) is 1.46. The molecule has 2 N–H and O–H groups in total. The first-order valence-corrected chi connectivity index (χ1v) is 8.26. The molecule has 0 saturated heterocycles. The molecule has 3 aromatic rings. The summed E-state index contributed by atoms with van der Waals surface area (Å²) in [6, 6.07) is 14.9. The first-order valence-electron chi connectivity index (χ1n) is 8.26. The number of methoxy groups -OCH3 is 1. The van der Waals surface area contributed by atoms with Gasteiger partial charge in [0.15, 0.2) is 6.10 Å². The van der Waals surface area contributed by atoms with Crippen LogP contribution in [-0.2, 0) is 9.53 Å². The van der Waals surface area contributed by atoms with Crippen molar-refractivity contribution < 1.29 is 19.1 Å². The molecule has 27 heavy (non-hydrogen) atoms. The summed E-state index contributed by atoms with van der Waals surface area (Å²) in [5.41, 5.74) is 0.663. The Hall–Kier alpha value is -3.61. The molecule has 0 unspecified atom stereocenters. The number of amides is 1. The van der Waals surface area contributed by atoms with Gasteiger partial charge in [-0.25, -0.2) is 4.79 Å². The van der Waals surface area contributed by atoms with Gasteiger partial charge in [-0.1, -0.05) is 30.3 Å². The number of nitrogens with one attached hydrogen (secondary N) is 2. The Morgan fingerprint density at radius 1 is 1.07 bits per heavy atom. The van der Waals surface area contributed by atoms with Crippen LogP contribution >= 0.6 is 0 Å². The number of rotatable bonds is 5. The van der Waals surface area contributed by atoms with Gasteiger partial charge in [-0.15, -0.1) is 0 Å². The maximum Gasteiger partial charge on any atom is 0.339 e. The summed E-state index contributed by atoms with van der Waals surface area (Å²) in [4.78, 5) is 39.3. The van der Waals surface area contributed by atoms with E-state index in [-0.39, 0.29) is 5.56 Å². The van der Waals surface area contributed by atoms with Crippen LogP contribution in [0.5, 0.6) is 5.75 Å². The fourth-order valence-electron chi connectivity index (χ4n) is 2.63. The molecule has 0 spiro atoms. The summed E-state index contributed by atoms with van der Waals surface area (Å²) < 4.78 is 10.4. The van der Waals surface area contributed by atoms with Gasteiger partial charge >= 0.3 is 5.97 Å². The van der Waals surface area contributed by atoms with Gasteiger partial charge in [0, 0.05) is 17.0 Å². The van der Waals surface area contributed by atoms with Crippen molar-refractivity contribution in [1.82, 2.24) is 4.98 Å². The largest absolute Gasteiger partial charge is 0.495 e. The Labute approximate surface area is 154 Å². The van der Waals surface area contributed by atoms with E-state index < -0.39 is 23.5 Å². The third kappa shape index (κ3) is 3.98. The van der Waals surface area contributed by atoms with Crippen molar-refractivity contribution in [2.75, 3.05) is 12.4 Å². The van der Waals surface area contributed by atoms with Crippen molar-refractivity contribution in [2.45, 2.75) is 13.0 Å². The van der Waals surface area contributed by atoms with Crippen LogP contribution < -0.4 is 15.6 Å². The van der Waals surface area contributed by atoms with E-state index in [0.717, 1.165) is 6.07 Å². The minimum atomic E-state index is -1.07. The average molecular weight is 366 g/mol. The molecular formula is C20H18N2O5. The number of para-hydroxylation sites is 3.